The maximum atomic E-state index is 12.8. The average molecular weight is 306 g/mol. The number of hydrogen-bond donors (Lipinski definition) is 1. The number of carbonyl (C=O) groups excluding carboxylic acids is 1. The Morgan fingerprint density at radius 2 is 2.35 bits per heavy atom. The molecule has 0 spiro atoms. The fraction of sp³-hybridized carbons (Fsp3) is 0.400. The van der Waals surface area contributed by atoms with Gasteiger partial charge in [0.2, 0.25) is 0 Å². The normalized spacial score (nSPS) is 18.1. The molecule has 0 saturated heterocycles. The van der Waals surface area contributed by atoms with E-state index in [1.54, 1.807) is 11.3 Å². The van der Waals surface area contributed by atoms with Gasteiger partial charge in [0.15, 0.2) is 0 Å². The molecule has 2 aromatic heterocycles. The van der Waals surface area contributed by atoms with E-state index in [0.717, 1.165) is 34.8 Å². The molecule has 1 amide bonds. The van der Waals surface area contributed by atoms with Crippen LogP contribution in [0.3, 0.4) is 0 Å². The predicted octanol–water partition coefficient (Wildman–Crippen LogP) is 3.85. The molecule has 3 rings (SSSR count). The van der Waals surface area contributed by atoms with E-state index in [0.29, 0.717) is 0 Å². The summed E-state index contributed by atoms with van der Waals surface area (Å²) in [6, 6.07) is 4.20. The largest absolute Gasteiger partial charge is 0.398 e. The van der Waals surface area contributed by atoms with E-state index < -0.39 is 0 Å². The van der Waals surface area contributed by atoms with Crippen molar-refractivity contribution in [1.82, 2.24) is 4.90 Å². The summed E-state index contributed by atoms with van der Waals surface area (Å²) in [5.74, 6) is 0.124. The fourth-order valence-electron chi connectivity index (χ4n) is 2.82. The molecule has 0 saturated carbocycles. The minimum Gasteiger partial charge on any atom is -0.398 e. The molecule has 3 nitrogen and oxygen atoms in total. The van der Waals surface area contributed by atoms with E-state index in [9.17, 15) is 4.79 Å². The van der Waals surface area contributed by atoms with Crippen molar-refractivity contribution in [2.45, 2.75) is 32.7 Å². The minimum atomic E-state index is 0.124. The molecule has 0 bridgehead atoms. The summed E-state index contributed by atoms with van der Waals surface area (Å²) < 4.78 is 0. The van der Waals surface area contributed by atoms with Gasteiger partial charge in [0.05, 0.1) is 10.9 Å². The maximum Gasteiger partial charge on any atom is 0.264 e. The first kappa shape index (κ1) is 13.6. The van der Waals surface area contributed by atoms with Gasteiger partial charge < -0.3 is 10.6 Å². The monoisotopic (exact) mass is 306 g/mol. The van der Waals surface area contributed by atoms with Crippen LogP contribution in [-0.2, 0) is 6.42 Å². The first-order chi connectivity index (χ1) is 9.61. The molecule has 1 unspecified atom stereocenters. The van der Waals surface area contributed by atoms with Crippen molar-refractivity contribution in [3.63, 3.8) is 0 Å². The number of fused-ring (bicyclic) bond motifs is 1. The third kappa shape index (κ3) is 2.15. The molecule has 0 aliphatic carbocycles. The third-order valence-corrected chi connectivity index (χ3v) is 5.96. The SMILES string of the molecule is CCC1c2ccsc2CCN1C(=O)c1cc(N)c(C)s1. The van der Waals surface area contributed by atoms with Crippen LogP contribution in [0.4, 0.5) is 5.69 Å². The molecule has 2 N–H and O–H groups in total. The quantitative estimate of drug-likeness (QED) is 0.916. The molecule has 0 aromatic carbocycles. The number of thiophene rings is 2. The topological polar surface area (TPSA) is 46.3 Å². The number of aryl methyl sites for hydroxylation is 1. The molecule has 20 heavy (non-hydrogen) atoms. The molecule has 1 aliphatic heterocycles. The van der Waals surface area contributed by atoms with Crippen molar-refractivity contribution >= 4 is 34.3 Å². The van der Waals surface area contributed by atoms with E-state index in [-0.39, 0.29) is 11.9 Å². The highest BCUT2D eigenvalue weighted by molar-refractivity contribution is 7.14. The van der Waals surface area contributed by atoms with Crippen LogP contribution in [0.5, 0.6) is 0 Å². The van der Waals surface area contributed by atoms with E-state index >= 15 is 0 Å². The maximum absolute atomic E-state index is 12.8. The lowest BCUT2D eigenvalue weighted by Crippen LogP contribution is -2.39. The van der Waals surface area contributed by atoms with Crippen molar-refractivity contribution in [2.75, 3.05) is 12.3 Å². The summed E-state index contributed by atoms with van der Waals surface area (Å²) in [5, 5.41) is 2.13. The first-order valence-corrected chi connectivity index (χ1v) is 8.54. The predicted molar refractivity (Wildman–Crippen MR) is 85.6 cm³/mol. The smallest absolute Gasteiger partial charge is 0.264 e. The molecule has 0 radical (unpaired) electrons. The van der Waals surface area contributed by atoms with Gasteiger partial charge in [-0.1, -0.05) is 6.92 Å². The van der Waals surface area contributed by atoms with Gasteiger partial charge in [-0.2, -0.15) is 0 Å². The lowest BCUT2D eigenvalue weighted by molar-refractivity contribution is 0.0662. The number of nitrogens with two attached hydrogens (primary N) is 1. The Morgan fingerprint density at radius 3 is 3.00 bits per heavy atom. The third-order valence-electron chi connectivity index (χ3n) is 3.91. The van der Waals surface area contributed by atoms with Crippen molar-refractivity contribution in [2.24, 2.45) is 0 Å². The Bertz CT molecular complexity index is 625. The first-order valence-electron chi connectivity index (χ1n) is 6.85. The molecular weight excluding hydrogens is 288 g/mol. The molecule has 1 aliphatic rings. The van der Waals surface area contributed by atoms with Gasteiger partial charge in [0.1, 0.15) is 0 Å². The van der Waals surface area contributed by atoms with Gasteiger partial charge in [-0.3, -0.25) is 4.79 Å². The summed E-state index contributed by atoms with van der Waals surface area (Å²) in [5.41, 5.74) is 7.93. The van der Waals surface area contributed by atoms with Crippen LogP contribution >= 0.6 is 22.7 Å². The summed E-state index contributed by atoms with van der Waals surface area (Å²) in [7, 11) is 0. The van der Waals surface area contributed by atoms with Gasteiger partial charge in [-0.05, 0) is 42.8 Å². The summed E-state index contributed by atoms with van der Waals surface area (Å²) >= 11 is 3.30. The van der Waals surface area contributed by atoms with Crippen LogP contribution in [0.2, 0.25) is 0 Å². The zero-order valence-electron chi connectivity index (χ0n) is 11.7. The van der Waals surface area contributed by atoms with Gasteiger partial charge in [-0.15, -0.1) is 22.7 Å². The van der Waals surface area contributed by atoms with Gasteiger partial charge in [0, 0.05) is 22.0 Å². The number of amides is 1. The van der Waals surface area contributed by atoms with E-state index in [4.69, 9.17) is 5.73 Å². The number of rotatable bonds is 2. The highest BCUT2D eigenvalue weighted by Crippen LogP contribution is 2.37. The standard InChI is InChI=1S/C15H18N2OS2/c1-3-12-10-5-7-19-13(10)4-6-17(12)15(18)14-8-11(16)9(2)20-14/h5,7-8,12H,3-4,6,16H2,1-2H3. The van der Waals surface area contributed by atoms with Crippen LogP contribution in [0.25, 0.3) is 0 Å². The highest BCUT2D eigenvalue weighted by Gasteiger charge is 2.31. The molecule has 1 atom stereocenters. The zero-order valence-corrected chi connectivity index (χ0v) is 13.3. The van der Waals surface area contributed by atoms with Crippen LogP contribution in [-0.4, -0.2) is 17.4 Å². The molecular formula is C15H18N2OS2. The number of nitrogen functional groups attached to an aromatic ring is 1. The minimum absolute atomic E-state index is 0.124. The van der Waals surface area contributed by atoms with Crippen molar-refractivity contribution < 1.29 is 4.79 Å². The van der Waals surface area contributed by atoms with Crippen molar-refractivity contribution in [1.29, 1.82) is 0 Å². The van der Waals surface area contributed by atoms with E-state index in [1.807, 2.05) is 17.9 Å². The highest BCUT2D eigenvalue weighted by atomic mass is 32.1. The van der Waals surface area contributed by atoms with E-state index in [2.05, 4.69) is 18.4 Å². The molecule has 106 valence electrons. The lowest BCUT2D eigenvalue weighted by Gasteiger charge is -2.35. The van der Waals surface area contributed by atoms with Gasteiger partial charge in [-0.25, -0.2) is 0 Å². The number of nitrogens with zero attached hydrogens (tertiary/aromatic N) is 1. The van der Waals surface area contributed by atoms with Crippen LogP contribution in [0.1, 0.15) is 44.4 Å². The summed E-state index contributed by atoms with van der Waals surface area (Å²) in [6.07, 6.45) is 1.92. The van der Waals surface area contributed by atoms with Crippen LogP contribution < -0.4 is 5.73 Å². The second-order valence-electron chi connectivity index (χ2n) is 5.09. The van der Waals surface area contributed by atoms with Crippen LogP contribution in [0, 0.1) is 6.92 Å². The molecule has 3 heterocycles. The Labute approximate surface area is 127 Å². The van der Waals surface area contributed by atoms with Crippen molar-refractivity contribution in [3.8, 4) is 0 Å². The Balaban J connectivity index is 1.92. The van der Waals surface area contributed by atoms with Gasteiger partial charge in [0.25, 0.3) is 5.91 Å². The van der Waals surface area contributed by atoms with Crippen LogP contribution in [0.15, 0.2) is 17.5 Å². The fourth-order valence-corrected chi connectivity index (χ4v) is 4.65. The molecule has 0 fully saturated rings. The Morgan fingerprint density at radius 1 is 1.55 bits per heavy atom. The zero-order chi connectivity index (χ0) is 14.3. The lowest BCUT2D eigenvalue weighted by atomic mass is 9.97. The number of hydrogen-bond acceptors (Lipinski definition) is 4. The summed E-state index contributed by atoms with van der Waals surface area (Å²) in [6.45, 7) is 4.91. The average Bonchev–Trinajstić information content (AvgIpc) is 3.04. The van der Waals surface area contributed by atoms with Gasteiger partial charge >= 0.3 is 0 Å². The van der Waals surface area contributed by atoms with E-state index in [1.165, 1.54) is 21.8 Å². The molecule has 2 aromatic rings. The number of anilines is 1. The van der Waals surface area contributed by atoms with Crippen molar-refractivity contribution in [3.05, 3.63) is 37.7 Å². The molecule has 5 heteroatoms. The second-order valence-corrected chi connectivity index (χ2v) is 7.35. The summed E-state index contributed by atoms with van der Waals surface area (Å²) in [4.78, 5) is 18.0. The second kappa shape index (κ2) is 5.22. The number of carbonyl (C=O) groups is 1. The Kier molecular flexibility index (Phi) is 3.56. The Hall–Kier alpha value is -1.33.